The number of halogens is 2. The molecule has 6 nitrogen and oxygen atoms in total. The van der Waals surface area contributed by atoms with Gasteiger partial charge < -0.3 is 16.2 Å². The van der Waals surface area contributed by atoms with Gasteiger partial charge in [-0.15, -0.1) is 0 Å². The van der Waals surface area contributed by atoms with E-state index in [1.807, 2.05) is 0 Å². The normalized spacial score (nSPS) is 10.3. The fourth-order valence-corrected chi connectivity index (χ4v) is 1.97. The molecule has 0 unspecified atom stereocenters. The lowest BCUT2D eigenvalue weighted by Crippen LogP contribution is -2.07. The van der Waals surface area contributed by atoms with Gasteiger partial charge in [-0.1, -0.05) is 0 Å². The van der Waals surface area contributed by atoms with Crippen LogP contribution >= 0.6 is 0 Å². The smallest absolute Gasteiger partial charge is 0.222 e. The van der Waals surface area contributed by atoms with Crippen LogP contribution < -0.4 is 16.2 Å². The summed E-state index contributed by atoms with van der Waals surface area (Å²) in [6.45, 7) is 3.37. The monoisotopic (exact) mass is 305 g/mol. The van der Waals surface area contributed by atoms with Crippen LogP contribution in [0.1, 0.15) is 18.1 Å². The van der Waals surface area contributed by atoms with E-state index < -0.39 is 11.6 Å². The van der Waals surface area contributed by atoms with E-state index in [1.165, 1.54) is 13.0 Å². The molecule has 0 atom stereocenters. The van der Waals surface area contributed by atoms with Gasteiger partial charge >= 0.3 is 0 Å². The maximum Gasteiger partial charge on any atom is 0.222 e. The molecule has 0 aliphatic rings. The SMILES string of the molecule is CCOc1cc(-c2nc(N)nc(N)c2C#N)c(F)c(F)c1C. The van der Waals surface area contributed by atoms with E-state index in [0.29, 0.717) is 0 Å². The third-order valence-corrected chi connectivity index (χ3v) is 3.02. The van der Waals surface area contributed by atoms with Gasteiger partial charge in [0.2, 0.25) is 5.95 Å². The molecule has 0 amide bonds. The summed E-state index contributed by atoms with van der Waals surface area (Å²) in [6, 6.07) is 3.03. The van der Waals surface area contributed by atoms with E-state index in [9.17, 15) is 8.78 Å². The molecular weight excluding hydrogens is 292 g/mol. The van der Waals surface area contributed by atoms with Gasteiger partial charge in [-0.05, 0) is 19.9 Å². The molecule has 0 radical (unpaired) electrons. The van der Waals surface area contributed by atoms with E-state index in [4.69, 9.17) is 21.5 Å². The number of nitrogens with zero attached hydrogens (tertiary/aromatic N) is 3. The fraction of sp³-hybridized carbons (Fsp3) is 0.214. The molecule has 0 spiro atoms. The lowest BCUT2D eigenvalue weighted by Gasteiger charge is -2.13. The number of hydrogen-bond donors (Lipinski definition) is 2. The van der Waals surface area contributed by atoms with Crippen molar-refractivity contribution in [3.05, 3.63) is 28.8 Å². The molecule has 8 heteroatoms. The first-order chi connectivity index (χ1) is 10.4. The Kier molecular flexibility index (Phi) is 4.08. The highest BCUT2D eigenvalue weighted by molar-refractivity contribution is 5.74. The van der Waals surface area contributed by atoms with Crippen molar-refractivity contribution in [1.29, 1.82) is 5.26 Å². The van der Waals surface area contributed by atoms with E-state index >= 15 is 0 Å². The number of nitriles is 1. The van der Waals surface area contributed by atoms with Gasteiger partial charge in [-0.2, -0.15) is 10.2 Å². The summed E-state index contributed by atoms with van der Waals surface area (Å²) >= 11 is 0. The summed E-state index contributed by atoms with van der Waals surface area (Å²) < 4.78 is 33.6. The van der Waals surface area contributed by atoms with Crippen LogP contribution in [0.3, 0.4) is 0 Å². The van der Waals surface area contributed by atoms with Gasteiger partial charge in [0, 0.05) is 11.1 Å². The predicted octanol–water partition coefficient (Wildman–Crippen LogP) is 2.17. The minimum Gasteiger partial charge on any atom is -0.493 e. The summed E-state index contributed by atoms with van der Waals surface area (Å²) in [5, 5.41) is 9.14. The lowest BCUT2D eigenvalue weighted by atomic mass is 10.0. The zero-order chi connectivity index (χ0) is 16.4. The summed E-state index contributed by atoms with van der Waals surface area (Å²) in [7, 11) is 0. The van der Waals surface area contributed by atoms with Crippen LogP contribution in [0.4, 0.5) is 20.5 Å². The van der Waals surface area contributed by atoms with Crippen molar-refractivity contribution in [3.8, 4) is 23.1 Å². The molecule has 0 aliphatic carbocycles. The number of nitrogen functional groups attached to an aromatic ring is 2. The average molecular weight is 305 g/mol. The average Bonchev–Trinajstić information content (AvgIpc) is 2.47. The molecule has 114 valence electrons. The van der Waals surface area contributed by atoms with Gasteiger partial charge in [-0.25, -0.2) is 13.8 Å². The zero-order valence-corrected chi connectivity index (χ0v) is 11.9. The molecule has 2 rings (SSSR count). The minimum absolute atomic E-state index is 0.0246. The first-order valence-electron chi connectivity index (χ1n) is 6.35. The first-order valence-corrected chi connectivity index (χ1v) is 6.35. The topological polar surface area (TPSA) is 111 Å². The largest absolute Gasteiger partial charge is 0.493 e. The van der Waals surface area contributed by atoms with Crippen molar-refractivity contribution in [2.45, 2.75) is 13.8 Å². The van der Waals surface area contributed by atoms with E-state index in [1.54, 1.807) is 13.0 Å². The van der Waals surface area contributed by atoms with Crippen molar-refractivity contribution in [3.63, 3.8) is 0 Å². The second-order valence-electron chi connectivity index (χ2n) is 4.41. The summed E-state index contributed by atoms with van der Waals surface area (Å²) in [5.74, 6) is -2.54. The molecule has 1 aromatic carbocycles. The van der Waals surface area contributed by atoms with Crippen molar-refractivity contribution in [1.82, 2.24) is 9.97 Å². The minimum atomic E-state index is -1.16. The highest BCUT2D eigenvalue weighted by Crippen LogP contribution is 2.34. The Hall–Kier alpha value is -2.95. The number of benzene rings is 1. The standard InChI is InChI=1S/C14H13F2N5O/c1-3-22-9-4-7(11(16)10(15)6(9)2)12-8(5-17)13(18)21-14(19)20-12/h4H,3H2,1-2H3,(H4,18,19,20,21). The molecule has 4 N–H and O–H groups in total. The van der Waals surface area contributed by atoms with Crippen LogP contribution in [0.5, 0.6) is 5.75 Å². The van der Waals surface area contributed by atoms with E-state index in [0.717, 1.165) is 0 Å². The maximum atomic E-state index is 14.3. The predicted molar refractivity (Wildman–Crippen MR) is 76.8 cm³/mol. The second-order valence-corrected chi connectivity index (χ2v) is 4.41. The summed E-state index contributed by atoms with van der Waals surface area (Å²) in [6.07, 6.45) is 0. The van der Waals surface area contributed by atoms with Crippen molar-refractivity contribution in [2.75, 3.05) is 18.1 Å². The Morgan fingerprint density at radius 1 is 1.27 bits per heavy atom. The number of rotatable bonds is 3. The second kappa shape index (κ2) is 5.81. The number of aromatic nitrogens is 2. The Morgan fingerprint density at radius 3 is 2.55 bits per heavy atom. The number of hydrogen-bond acceptors (Lipinski definition) is 6. The third kappa shape index (κ3) is 2.48. The van der Waals surface area contributed by atoms with E-state index in [-0.39, 0.29) is 46.5 Å². The molecule has 0 bridgehead atoms. The van der Waals surface area contributed by atoms with Crippen LogP contribution in [-0.2, 0) is 0 Å². The zero-order valence-electron chi connectivity index (χ0n) is 11.9. The van der Waals surface area contributed by atoms with E-state index in [2.05, 4.69) is 9.97 Å². The molecule has 0 saturated carbocycles. The molecule has 1 heterocycles. The Balaban J connectivity index is 2.81. The molecule has 0 aliphatic heterocycles. The van der Waals surface area contributed by atoms with Gasteiger partial charge in [0.25, 0.3) is 0 Å². The number of ether oxygens (including phenoxy) is 1. The molecule has 0 fully saturated rings. The van der Waals surface area contributed by atoms with Gasteiger partial charge in [0.1, 0.15) is 23.2 Å². The van der Waals surface area contributed by atoms with Crippen LogP contribution in [0.25, 0.3) is 11.3 Å². The van der Waals surface area contributed by atoms with Gasteiger partial charge in [-0.3, -0.25) is 0 Å². The van der Waals surface area contributed by atoms with Gasteiger partial charge in [0.05, 0.1) is 12.3 Å². The molecule has 22 heavy (non-hydrogen) atoms. The highest BCUT2D eigenvalue weighted by Gasteiger charge is 2.22. The van der Waals surface area contributed by atoms with Crippen LogP contribution in [0, 0.1) is 29.9 Å². The lowest BCUT2D eigenvalue weighted by molar-refractivity contribution is 0.333. The quantitative estimate of drug-likeness (QED) is 0.899. The number of nitrogens with two attached hydrogens (primary N) is 2. The van der Waals surface area contributed by atoms with Crippen LogP contribution in [0.15, 0.2) is 6.07 Å². The number of anilines is 2. The van der Waals surface area contributed by atoms with Crippen molar-refractivity contribution in [2.24, 2.45) is 0 Å². The Bertz CT molecular complexity index is 786. The maximum absolute atomic E-state index is 14.3. The molecular formula is C14H13F2N5O. The highest BCUT2D eigenvalue weighted by atomic mass is 19.2. The third-order valence-electron chi connectivity index (χ3n) is 3.02. The Morgan fingerprint density at radius 2 is 1.95 bits per heavy atom. The van der Waals surface area contributed by atoms with Crippen molar-refractivity contribution >= 4 is 11.8 Å². The van der Waals surface area contributed by atoms with Crippen LogP contribution in [0.2, 0.25) is 0 Å². The molecule has 2 aromatic rings. The Labute approximate surface area is 125 Å². The summed E-state index contributed by atoms with van der Waals surface area (Å²) in [4.78, 5) is 7.44. The van der Waals surface area contributed by atoms with Crippen LogP contribution in [-0.4, -0.2) is 16.6 Å². The summed E-state index contributed by atoms with van der Waals surface area (Å²) in [5.41, 5.74) is 10.5. The fourth-order valence-electron chi connectivity index (χ4n) is 1.97. The molecule has 1 aromatic heterocycles. The van der Waals surface area contributed by atoms with Gasteiger partial charge in [0.15, 0.2) is 11.6 Å². The van der Waals surface area contributed by atoms with Crippen molar-refractivity contribution < 1.29 is 13.5 Å². The first kappa shape index (κ1) is 15.4. The molecule has 0 saturated heterocycles.